The topological polar surface area (TPSA) is 123 Å². The van der Waals surface area contributed by atoms with Gasteiger partial charge in [0.05, 0.1) is 18.3 Å². The standard InChI is InChI=1S/C25H22ClN9O/c1-35-21-6-5-17(10-18(21)20(11-23(35)36)30-15-22-28-8-3-9-29-22)33-24-19(26)14-32-25(34-24)31-13-16-4-2-7-27-12-16/h2-12,14,30H,13,15H2,1H3,(H2,31,32,33,34). The third kappa shape index (κ3) is 5.23. The predicted octanol–water partition coefficient (Wildman–Crippen LogP) is 4.13. The lowest BCUT2D eigenvalue weighted by Crippen LogP contribution is -2.17. The van der Waals surface area contributed by atoms with Gasteiger partial charge in [0.25, 0.3) is 5.56 Å². The van der Waals surface area contributed by atoms with Crippen LogP contribution in [-0.4, -0.2) is 29.5 Å². The summed E-state index contributed by atoms with van der Waals surface area (Å²) >= 11 is 6.38. The molecule has 4 heterocycles. The number of pyridine rings is 2. The molecule has 0 amide bonds. The van der Waals surface area contributed by atoms with E-state index in [-0.39, 0.29) is 5.56 Å². The summed E-state index contributed by atoms with van der Waals surface area (Å²) in [6.07, 6.45) is 8.40. The molecular weight excluding hydrogens is 478 g/mol. The zero-order valence-corrected chi connectivity index (χ0v) is 20.1. The van der Waals surface area contributed by atoms with Gasteiger partial charge in [-0.15, -0.1) is 0 Å². The molecule has 1 aromatic carbocycles. The van der Waals surface area contributed by atoms with E-state index < -0.39 is 0 Å². The van der Waals surface area contributed by atoms with Gasteiger partial charge < -0.3 is 20.5 Å². The molecule has 0 bridgehead atoms. The summed E-state index contributed by atoms with van der Waals surface area (Å²) in [6.45, 7) is 0.906. The molecule has 4 aromatic heterocycles. The van der Waals surface area contributed by atoms with Gasteiger partial charge in [-0.25, -0.2) is 15.0 Å². The first kappa shape index (κ1) is 23.2. The molecule has 3 N–H and O–H groups in total. The molecular formula is C25H22ClN9O. The van der Waals surface area contributed by atoms with Gasteiger partial charge in [-0.1, -0.05) is 17.7 Å². The van der Waals surface area contributed by atoms with Crippen LogP contribution in [0.4, 0.5) is 23.1 Å². The van der Waals surface area contributed by atoms with Gasteiger partial charge in [0.2, 0.25) is 5.95 Å². The smallest absolute Gasteiger partial charge is 0.252 e. The first-order valence-electron chi connectivity index (χ1n) is 11.1. The molecule has 5 rings (SSSR count). The van der Waals surface area contributed by atoms with Crippen molar-refractivity contribution in [3.63, 3.8) is 0 Å². The molecule has 10 nitrogen and oxygen atoms in total. The van der Waals surface area contributed by atoms with Gasteiger partial charge >= 0.3 is 0 Å². The first-order chi connectivity index (χ1) is 17.6. The van der Waals surface area contributed by atoms with Crippen LogP contribution in [0.2, 0.25) is 5.02 Å². The zero-order chi connectivity index (χ0) is 24.9. The van der Waals surface area contributed by atoms with Crippen LogP contribution in [0, 0.1) is 0 Å². The normalized spacial score (nSPS) is 10.8. The van der Waals surface area contributed by atoms with Crippen LogP contribution >= 0.6 is 11.6 Å². The van der Waals surface area contributed by atoms with Gasteiger partial charge in [0.15, 0.2) is 5.82 Å². The second kappa shape index (κ2) is 10.4. The van der Waals surface area contributed by atoms with E-state index in [0.29, 0.717) is 41.4 Å². The Labute approximate surface area is 211 Å². The molecule has 0 unspecified atom stereocenters. The summed E-state index contributed by atoms with van der Waals surface area (Å²) in [6, 6.07) is 12.8. The second-order valence-corrected chi connectivity index (χ2v) is 8.34. The number of benzene rings is 1. The third-order valence-corrected chi connectivity index (χ3v) is 5.76. The highest BCUT2D eigenvalue weighted by molar-refractivity contribution is 6.32. The van der Waals surface area contributed by atoms with Crippen molar-refractivity contribution in [2.45, 2.75) is 13.1 Å². The van der Waals surface area contributed by atoms with E-state index in [1.54, 1.807) is 54.7 Å². The predicted molar refractivity (Wildman–Crippen MR) is 140 cm³/mol. The van der Waals surface area contributed by atoms with Crippen LogP contribution < -0.4 is 21.5 Å². The summed E-state index contributed by atoms with van der Waals surface area (Å²) < 4.78 is 1.60. The molecule has 0 atom stereocenters. The van der Waals surface area contributed by atoms with Crippen LogP contribution in [0.5, 0.6) is 0 Å². The molecule has 11 heteroatoms. The van der Waals surface area contributed by atoms with Crippen molar-refractivity contribution in [1.29, 1.82) is 0 Å². The lowest BCUT2D eigenvalue weighted by atomic mass is 10.1. The summed E-state index contributed by atoms with van der Waals surface area (Å²) in [5.74, 6) is 1.51. The quantitative estimate of drug-likeness (QED) is 0.289. The molecule has 0 saturated heterocycles. The van der Waals surface area contributed by atoms with Crippen LogP contribution in [0.15, 0.2) is 78.2 Å². The van der Waals surface area contributed by atoms with E-state index in [2.05, 4.69) is 40.9 Å². The fourth-order valence-corrected chi connectivity index (χ4v) is 3.78. The molecule has 180 valence electrons. The number of hydrogen-bond donors (Lipinski definition) is 3. The minimum absolute atomic E-state index is 0.122. The Morgan fingerprint density at radius 2 is 1.81 bits per heavy atom. The van der Waals surface area contributed by atoms with Crippen molar-refractivity contribution in [3.8, 4) is 0 Å². The number of halogens is 1. The average Bonchev–Trinajstić information content (AvgIpc) is 2.91. The second-order valence-electron chi connectivity index (χ2n) is 7.94. The number of anilines is 4. The van der Waals surface area contributed by atoms with Crippen LogP contribution in [-0.2, 0) is 20.1 Å². The number of aryl methyl sites for hydroxylation is 1. The van der Waals surface area contributed by atoms with Gasteiger partial charge in [-0.3, -0.25) is 9.78 Å². The van der Waals surface area contributed by atoms with Crippen molar-refractivity contribution in [3.05, 3.63) is 100 Å². The SMILES string of the molecule is Cn1c(=O)cc(NCc2ncccn2)c2cc(Nc3nc(NCc4cccnc4)ncc3Cl)ccc21. The van der Waals surface area contributed by atoms with E-state index in [1.807, 2.05) is 30.3 Å². The number of aromatic nitrogens is 6. The Kier molecular flexibility index (Phi) is 6.67. The van der Waals surface area contributed by atoms with E-state index >= 15 is 0 Å². The molecule has 0 aliphatic rings. The largest absolute Gasteiger partial charge is 0.377 e. The van der Waals surface area contributed by atoms with Crippen molar-refractivity contribution < 1.29 is 0 Å². The van der Waals surface area contributed by atoms with E-state index in [4.69, 9.17) is 11.6 Å². The Hall–Kier alpha value is -4.57. The Morgan fingerprint density at radius 1 is 0.944 bits per heavy atom. The van der Waals surface area contributed by atoms with Gasteiger partial charge in [0.1, 0.15) is 10.8 Å². The number of fused-ring (bicyclic) bond motifs is 1. The molecule has 0 radical (unpaired) electrons. The van der Waals surface area contributed by atoms with Gasteiger partial charge in [-0.2, -0.15) is 4.98 Å². The van der Waals surface area contributed by atoms with Crippen LogP contribution in [0.25, 0.3) is 10.9 Å². The van der Waals surface area contributed by atoms with Gasteiger partial charge in [-0.05, 0) is 35.9 Å². The maximum absolute atomic E-state index is 12.5. The summed E-state index contributed by atoms with van der Waals surface area (Å²) in [5.41, 5.74) is 3.09. The maximum atomic E-state index is 12.5. The lowest BCUT2D eigenvalue weighted by molar-refractivity contribution is 0.902. The molecule has 0 aliphatic heterocycles. The van der Waals surface area contributed by atoms with E-state index in [0.717, 1.165) is 22.2 Å². The number of hydrogen-bond acceptors (Lipinski definition) is 9. The third-order valence-electron chi connectivity index (χ3n) is 5.48. The summed E-state index contributed by atoms with van der Waals surface area (Å²) in [4.78, 5) is 33.9. The molecule has 36 heavy (non-hydrogen) atoms. The molecule has 0 spiro atoms. The summed E-state index contributed by atoms with van der Waals surface area (Å²) in [7, 11) is 1.74. The zero-order valence-electron chi connectivity index (χ0n) is 19.3. The highest BCUT2D eigenvalue weighted by atomic mass is 35.5. The monoisotopic (exact) mass is 499 g/mol. The average molecular weight is 500 g/mol. The Bertz CT molecular complexity index is 1560. The number of nitrogens with one attached hydrogen (secondary N) is 3. The van der Waals surface area contributed by atoms with E-state index in [1.165, 1.54) is 0 Å². The van der Waals surface area contributed by atoms with E-state index in [9.17, 15) is 4.79 Å². The highest BCUT2D eigenvalue weighted by Gasteiger charge is 2.11. The summed E-state index contributed by atoms with van der Waals surface area (Å²) in [5, 5.41) is 10.9. The van der Waals surface area contributed by atoms with Gasteiger partial charge in [0, 0.05) is 61.2 Å². The highest BCUT2D eigenvalue weighted by Crippen LogP contribution is 2.29. The molecule has 5 aromatic rings. The molecule has 0 saturated carbocycles. The molecule has 0 aliphatic carbocycles. The van der Waals surface area contributed by atoms with Crippen LogP contribution in [0.1, 0.15) is 11.4 Å². The van der Waals surface area contributed by atoms with Crippen molar-refractivity contribution in [2.75, 3.05) is 16.0 Å². The number of nitrogens with zero attached hydrogens (tertiary/aromatic N) is 6. The first-order valence-corrected chi connectivity index (χ1v) is 11.5. The fourth-order valence-electron chi connectivity index (χ4n) is 3.64. The molecule has 0 fully saturated rings. The van der Waals surface area contributed by atoms with Crippen molar-refractivity contribution >= 4 is 45.6 Å². The Balaban J connectivity index is 1.41. The number of rotatable bonds is 8. The minimum Gasteiger partial charge on any atom is -0.377 e. The van der Waals surface area contributed by atoms with Crippen LogP contribution in [0.3, 0.4) is 0 Å². The fraction of sp³-hybridized carbons (Fsp3) is 0.120. The maximum Gasteiger partial charge on any atom is 0.252 e. The van der Waals surface area contributed by atoms with Crippen molar-refractivity contribution in [2.24, 2.45) is 7.05 Å². The van der Waals surface area contributed by atoms with Crippen molar-refractivity contribution in [1.82, 2.24) is 29.5 Å². The lowest BCUT2D eigenvalue weighted by Gasteiger charge is -2.14. The minimum atomic E-state index is -0.122. The Morgan fingerprint density at radius 3 is 2.61 bits per heavy atom.